The zero-order valence-electron chi connectivity index (χ0n) is 10.2. The van der Waals surface area contributed by atoms with Crippen molar-refractivity contribution in [3.05, 3.63) is 34.3 Å². The maximum absolute atomic E-state index is 11.7. The molecular weight excluding hydrogens is 256 g/mol. The van der Waals surface area contributed by atoms with E-state index in [1.807, 2.05) is 0 Å². The molecule has 1 aliphatic rings. The molecule has 0 aromatic heterocycles. The first kappa shape index (κ1) is 12.9. The number of rotatable bonds is 3. The van der Waals surface area contributed by atoms with Crippen molar-refractivity contribution < 1.29 is 19.1 Å². The van der Waals surface area contributed by atoms with Crippen LogP contribution in [0.25, 0.3) is 0 Å². The second-order valence-corrected chi connectivity index (χ2v) is 4.73. The zero-order chi connectivity index (χ0) is 13.3. The highest BCUT2D eigenvalue weighted by atomic mass is 35.5. The van der Waals surface area contributed by atoms with Crippen LogP contribution < -0.4 is 0 Å². The van der Waals surface area contributed by atoms with Gasteiger partial charge in [0.1, 0.15) is 5.60 Å². The van der Waals surface area contributed by atoms with Crippen LogP contribution in [-0.2, 0) is 19.9 Å². The highest BCUT2D eigenvalue weighted by molar-refractivity contribution is 6.31. The summed E-state index contributed by atoms with van der Waals surface area (Å²) in [6.45, 7) is 3.73. The average Bonchev–Trinajstić information content (AvgIpc) is 2.50. The van der Waals surface area contributed by atoms with Gasteiger partial charge in [-0.15, -0.1) is 0 Å². The second kappa shape index (κ2) is 4.61. The monoisotopic (exact) mass is 268 g/mol. The molecule has 0 aliphatic carbocycles. The molecule has 4 nitrogen and oxygen atoms in total. The van der Waals surface area contributed by atoms with E-state index < -0.39 is 17.5 Å². The van der Waals surface area contributed by atoms with Crippen LogP contribution in [0.15, 0.2) is 18.2 Å². The maximum Gasteiger partial charge on any atom is 0.339 e. The average molecular weight is 269 g/mol. The molecule has 1 aliphatic heterocycles. The third kappa shape index (κ3) is 2.20. The Morgan fingerprint density at radius 2 is 2.22 bits per heavy atom. The molecule has 0 unspecified atom stereocenters. The molecule has 0 N–H and O–H groups in total. The van der Waals surface area contributed by atoms with Crippen molar-refractivity contribution in [1.29, 1.82) is 0 Å². The van der Waals surface area contributed by atoms with Gasteiger partial charge in [0, 0.05) is 10.6 Å². The number of esters is 2. The standard InChI is InChI=1S/C13H13ClO4/c1-3-17-11(15)7-13(2)10-5-4-8(14)6-9(10)12(16)18-13/h4-6H,3,7H2,1-2H3/t13-/m1/s1. The van der Waals surface area contributed by atoms with E-state index in [2.05, 4.69) is 0 Å². The molecule has 0 saturated carbocycles. The number of carbonyl (C=O) groups is 2. The number of ether oxygens (including phenoxy) is 2. The fourth-order valence-corrected chi connectivity index (χ4v) is 2.25. The molecule has 0 fully saturated rings. The minimum Gasteiger partial charge on any atom is -0.466 e. The second-order valence-electron chi connectivity index (χ2n) is 4.29. The molecule has 1 aromatic carbocycles. The highest BCUT2D eigenvalue weighted by Crippen LogP contribution is 2.40. The van der Waals surface area contributed by atoms with Gasteiger partial charge >= 0.3 is 11.9 Å². The van der Waals surface area contributed by atoms with Crippen LogP contribution in [0.1, 0.15) is 36.2 Å². The van der Waals surface area contributed by atoms with E-state index in [-0.39, 0.29) is 6.42 Å². The van der Waals surface area contributed by atoms with Crippen molar-refractivity contribution in [3.63, 3.8) is 0 Å². The number of cyclic esters (lactones) is 1. The molecule has 1 aromatic rings. The molecule has 0 amide bonds. The van der Waals surface area contributed by atoms with Crippen LogP contribution in [0, 0.1) is 0 Å². The number of benzene rings is 1. The Hall–Kier alpha value is -1.55. The molecule has 0 radical (unpaired) electrons. The van der Waals surface area contributed by atoms with Crippen LogP contribution in [-0.4, -0.2) is 18.5 Å². The molecule has 96 valence electrons. The number of halogens is 1. The normalized spacial score (nSPS) is 21.4. The zero-order valence-corrected chi connectivity index (χ0v) is 10.9. The van der Waals surface area contributed by atoms with Gasteiger partial charge in [0.2, 0.25) is 0 Å². The Balaban J connectivity index is 2.33. The van der Waals surface area contributed by atoms with Crippen molar-refractivity contribution in [1.82, 2.24) is 0 Å². The fourth-order valence-electron chi connectivity index (χ4n) is 2.08. The summed E-state index contributed by atoms with van der Waals surface area (Å²) in [5, 5.41) is 0.464. The summed E-state index contributed by atoms with van der Waals surface area (Å²) in [6.07, 6.45) is 0.00120. The first-order valence-electron chi connectivity index (χ1n) is 5.65. The van der Waals surface area contributed by atoms with Gasteiger partial charge in [0.05, 0.1) is 18.6 Å². The molecule has 0 bridgehead atoms. The maximum atomic E-state index is 11.7. The SMILES string of the molecule is CCOC(=O)C[C@@]1(C)OC(=O)c2cc(Cl)ccc21. The molecular formula is C13H13ClO4. The summed E-state index contributed by atoms with van der Waals surface area (Å²) in [5.74, 6) is -0.852. The first-order chi connectivity index (χ1) is 8.46. The van der Waals surface area contributed by atoms with Crippen LogP contribution in [0.3, 0.4) is 0 Å². The highest BCUT2D eigenvalue weighted by Gasteiger charge is 2.43. The van der Waals surface area contributed by atoms with E-state index in [0.29, 0.717) is 22.8 Å². The molecule has 2 rings (SSSR count). The minimum atomic E-state index is -0.969. The van der Waals surface area contributed by atoms with Crippen molar-refractivity contribution in [3.8, 4) is 0 Å². The van der Waals surface area contributed by atoms with Crippen molar-refractivity contribution in [2.24, 2.45) is 0 Å². The van der Waals surface area contributed by atoms with Gasteiger partial charge in [0.15, 0.2) is 0 Å². The van der Waals surface area contributed by atoms with Crippen LogP contribution in [0.4, 0.5) is 0 Å². The number of hydrogen-bond donors (Lipinski definition) is 0. The number of hydrogen-bond acceptors (Lipinski definition) is 4. The van der Waals surface area contributed by atoms with E-state index in [1.54, 1.807) is 32.0 Å². The molecule has 0 spiro atoms. The quantitative estimate of drug-likeness (QED) is 0.791. The van der Waals surface area contributed by atoms with Crippen LogP contribution in [0.2, 0.25) is 5.02 Å². The van der Waals surface area contributed by atoms with Gasteiger partial charge in [-0.25, -0.2) is 4.79 Å². The lowest BCUT2D eigenvalue weighted by Crippen LogP contribution is -2.26. The first-order valence-corrected chi connectivity index (χ1v) is 6.03. The van der Waals surface area contributed by atoms with Gasteiger partial charge in [-0.1, -0.05) is 17.7 Å². The topological polar surface area (TPSA) is 52.6 Å². The molecule has 1 heterocycles. The van der Waals surface area contributed by atoms with Crippen LogP contribution >= 0.6 is 11.6 Å². The Morgan fingerprint density at radius 1 is 1.50 bits per heavy atom. The van der Waals surface area contributed by atoms with E-state index >= 15 is 0 Å². The summed E-state index contributed by atoms with van der Waals surface area (Å²) in [5.41, 5.74) is 0.114. The van der Waals surface area contributed by atoms with E-state index in [1.165, 1.54) is 0 Å². The lowest BCUT2D eigenvalue weighted by Gasteiger charge is -2.22. The van der Waals surface area contributed by atoms with Crippen molar-refractivity contribution in [2.75, 3.05) is 6.61 Å². The third-order valence-electron chi connectivity index (χ3n) is 2.88. The predicted molar refractivity (Wildman–Crippen MR) is 65.5 cm³/mol. The summed E-state index contributed by atoms with van der Waals surface area (Å²) >= 11 is 5.84. The van der Waals surface area contributed by atoms with Gasteiger partial charge in [0.25, 0.3) is 0 Å². The Labute approximate surface area is 110 Å². The van der Waals surface area contributed by atoms with E-state index in [0.717, 1.165) is 0 Å². The van der Waals surface area contributed by atoms with Gasteiger partial charge < -0.3 is 9.47 Å². The molecule has 0 saturated heterocycles. The van der Waals surface area contributed by atoms with Gasteiger partial charge in [-0.05, 0) is 26.0 Å². The molecule has 18 heavy (non-hydrogen) atoms. The fraction of sp³-hybridized carbons (Fsp3) is 0.385. The smallest absolute Gasteiger partial charge is 0.339 e. The van der Waals surface area contributed by atoms with Gasteiger partial charge in [-0.2, -0.15) is 0 Å². The molecule has 5 heteroatoms. The lowest BCUT2D eigenvalue weighted by molar-refractivity contribution is -0.148. The summed E-state index contributed by atoms with van der Waals surface area (Å²) in [4.78, 5) is 23.3. The van der Waals surface area contributed by atoms with Crippen molar-refractivity contribution >= 4 is 23.5 Å². The summed E-state index contributed by atoms with van der Waals surface area (Å²) < 4.78 is 10.2. The summed E-state index contributed by atoms with van der Waals surface area (Å²) in [7, 11) is 0. The minimum absolute atomic E-state index is 0.00120. The van der Waals surface area contributed by atoms with E-state index in [4.69, 9.17) is 21.1 Å². The van der Waals surface area contributed by atoms with Crippen molar-refractivity contribution in [2.45, 2.75) is 25.9 Å². The summed E-state index contributed by atoms with van der Waals surface area (Å²) in [6, 6.07) is 4.93. The van der Waals surface area contributed by atoms with E-state index in [9.17, 15) is 9.59 Å². The number of carbonyl (C=O) groups excluding carboxylic acids is 2. The molecule has 1 atom stereocenters. The lowest BCUT2D eigenvalue weighted by atomic mass is 9.91. The third-order valence-corrected chi connectivity index (χ3v) is 3.11. The van der Waals surface area contributed by atoms with Crippen LogP contribution in [0.5, 0.6) is 0 Å². The largest absolute Gasteiger partial charge is 0.466 e. The number of fused-ring (bicyclic) bond motifs is 1. The Kier molecular flexibility index (Phi) is 3.30. The van der Waals surface area contributed by atoms with Gasteiger partial charge in [-0.3, -0.25) is 4.79 Å². The Bertz CT molecular complexity index is 512. The predicted octanol–water partition coefficient (Wildman–Crippen LogP) is 2.68. The Morgan fingerprint density at radius 3 is 2.89 bits per heavy atom.